The summed E-state index contributed by atoms with van der Waals surface area (Å²) in [5, 5.41) is 12.3. The van der Waals surface area contributed by atoms with Gasteiger partial charge in [0.1, 0.15) is 11.6 Å². The molecule has 0 unspecified atom stereocenters. The number of hydrogen-bond acceptors (Lipinski definition) is 4. The third kappa shape index (κ3) is 3.34. The molecule has 2 aromatic carbocycles. The number of likely N-dealkylation sites (tertiary alicyclic amines) is 1. The van der Waals surface area contributed by atoms with Gasteiger partial charge in [-0.15, -0.1) is 10.2 Å². The summed E-state index contributed by atoms with van der Waals surface area (Å²) in [5.74, 6) is 1.96. The number of fused-ring (bicyclic) bond motifs is 1. The van der Waals surface area contributed by atoms with Crippen LogP contribution in [0.5, 0.6) is 0 Å². The molecular formula is C22H24FN5. The van der Waals surface area contributed by atoms with Crippen LogP contribution < -0.4 is 5.32 Å². The van der Waals surface area contributed by atoms with Crippen LogP contribution in [0.3, 0.4) is 0 Å². The van der Waals surface area contributed by atoms with Gasteiger partial charge in [-0.25, -0.2) is 4.39 Å². The Hall–Kier alpha value is -2.57. The minimum Gasteiger partial charge on any atom is -0.311 e. The van der Waals surface area contributed by atoms with Gasteiger partial charge in [0.25, 0.3) is 0 Å². The fourth-order valence-corrected chi connectivity index (χ4v) is 4.39. The van der Waals surface area contributed by atoms with Crippen molar-refractivity contribution >= 4 is 0 Å². The van der Waals surface area contributed by atoms with E-state index in [1.807, 2.05) is 12.1 Å². The van der Waals surface area contributed by atoms with E-state index in [9.17, 15) is 4.39 Å². The van der Waals surface area contributed by atoms with Crippen molar-refractivity contribution in [2.75, 3.05) is 13.1 Å². The van der Waals surface area contributed by atoms with E-state index in [1.54, 1.807) is 0 Å². The lowest BCUT2D eigenvalue weighted by molar-refractivity contribution is 0.233. The third-order valence-electron chi connectivity index (χ3n) is 5.80. The molecule has 1 atom stereocenters. The SMILES string of the molecule is Fc1ccc(-c2cccc(CN3CCC[C@@H]3c3nnc4n3CCNC4)c2)cc1. The summed E-state index contributed by atoms with van der Waals surface area (Å²) in [7, 11) is 0. The summed E-state index contributed by atoms with van der Waals surface area (Å²) in [6.45, 7) is 4.69. The number of nitrogens with one attached hydrogen (secondary N) is 1. The molecule has 28 heavy (non-hydrogen) atoms. The van der Waals surface area contributed by atoms with Crippen LogP contribution in [-0.4, -0.2) is 32.8 Å². The monoisotopic (exact) mass is 377 g/mol. The maximum Gasteiger partial charge on any atom is 0.150 e. The quantitative estimate of drug-likeness (QED) is 0.756. The first-order valence-corrected chi connectivity index (χ1v) is 9.99. The lowest BCUT2D eigenvalue weighted by Crippen LogP contribution is -2.31. The number of hydrogen-bond donors (Lipinski definition) is 1. The topological polar surface area (TPSA) is 46.0 Å². The molecule has 0 saturated carbocycles. The van der Waals surface area contributed by atoms with Crippen LogP contribution in [0.25, 0.3) is 11.1 Å². The zero-order valence-corrected chi connectivity index (χ0v) is 15.8. The van der Waals surface area contributed by atoms with Crippen molar-refractivity contribution in [3.8, 4) is 11.1 Å². The minimum atomic E-state index is -0.202. The second-order valence-corrected chi connectivity index (χ2v) is 7.64. The van der Waals surface area contributed by atoms with Gasteiger partial charge in [0.05, 0.1) is 12.6 Å². The van der Waals surface area contributed by atoms with Crippen LogP contribution in [0.2, 0.25) is 0 Å². The molecule has 0 radical (unpaired) electrons. The molecule has 5 rings (SSSR count). The average molecular weight is 377 g/mol. The zero-order chi connectivity index (χ0) is 18.9. The molecule has 0 spiro atoms. The first kappa shape index (κ1) is 17.5. The standard InChI is InChI=1S/C22H24FN5/c23-19-8-6-17(7-9-19)18-4-1-3-16(13-18)15-27-11-2-5-20(27)22-26-25-21-14-24-10-12-28(21)22/h1,3-4,6-9,13,20,24H,2,5,10-12,14-15H2/t20-/m1/s1. The Labute approximate surface area is 164 Å². The van der Waals surface area contributed by atoms with E-state index >= 15 is 0 Å². The van der Waals surface area contributed by atoms with Crippen LogP contribution in [0.4, 0.5) is 4.39 Å². The predicted molar refractivity (Wildman–Crippen MR) is 106 cm³/mol. The second-order valence-electron chi connectivity index (χ2n) is 7.64. The Morgan fingerprint density at radius 2 is 1.93 bits per heavy atom. The minimum absolute atomic E-state index is 0.202. The van der Waals surface area contributed by atoms with Gasteiger partial charge in [0.2, 0.25) is 0 Å². The molecule has 3 heterocycles. The molecule has 1 N–H and O–H groups in total. The van der Waals surface area contributed by atoms with Gasteiger partial charge >= 0.3 is 0 Å². The van der Waals surface area contributed by atoms with E-state index in [0.29, 0.717) is 6.04 Å². The molecule has 2 aliphatic rings. The van der Waals surface area contributed by atoms with Crippen molar-refractivity contribution < 1.29 is 4.39 Å². The molecule has 6 heteroatoms. The fourth-order valence-electron chi connectivity index (χ4n) is 4.39. The first-order valence-electron chi connectivity index (χ1n) is 9.99. The van der Waals surface area contributed by atoms with E-state index in [2.05, 4.69) is 49.2 Å². The van der Waals surface area contributed by atoms with Gasteiger partial charge in [0, 0.05) is 19.6 Å². The van der Waals surface area contributed by atoms with Gasteiger partial charge in [-0.1, -0.05) is 30.3 Å². The Bertz CT molecular complexity index is 965. The van der Waals surface area contributed by atoms with Crippen LogP contribution >= 0.6 is 0 Å². The Morgan fingerprint density at radius 1 is 1.04 bits per heavy atom. The predicted octanol–water partition coefficient (Wildman–Crippen LogP) is 3.52. The fraction of sp³-hybridized carbons (Fsp3) is 0.364. The summed E-state index contributed by atoms with van der Waals surface area (Å²) in [4.78, 5) is 2.52. The summed E-state index contributed by atoms with van der Waals surface area (Å²) >= 11 is 0. The highest BCUT2D eigenvalue weighted by Crippen LogP contribution is 2.33. The molecule has 5 nitrogen and oxygen atoms in total. The smallest absolute Gasteiger partial charge is 0.150 e. The molecule has 1 aromatic heterocycles. The van der Waals surface area contributed by atoms with Crippen molar-refractivity contribution in [3.63, 3.8) is 0 Å². The zero-order valence-electron chi connectivity index (χ0n) is 15.8. The van der Waals surface area contributed by atoms with Gasteiger partial charge in [-0.05, 0) is 54.3 Å². The van der Waals surface area contributed by atoms with E-state index in [0.717, 1.165) is 61.9 Å². The molecule has 0 amide bonds. The average Bonchev–Trinajstić information content (AvgIpc) is 3.35. The maximum atomic E-state index is 13.2. The van der Waals surface area contributed by atoms with Gasteiger partial charge in [-0.2, -0.15) is 0 Å². The van der Waals surface area contributed by atoms with Gasteiger partial charge < -0.3 is 9.88 Å². The summed E-state index contributed by atoms with van der Waals surface area (Å²) in [5.41, 5.74) is 3.44. The van der Waals surface area contributed by atoms with Gasteiger partial charge in [0.15, 0.2) is 5.82 Å². The number of rotatable bonds is 4. The normalized spacial score (nSPS) is 19.7. The molecule has 0 aliphatic carbocycles. The largest absolute Gasteiger partial charge is 0.311 e. The second kappa shape index (κ2) is 7.45. The summed E-state index contributed by atoms with van der Waals surface area (Å²) < 4.78 is 15.5. The van der Waals surface area contributed by atoms with Crippen molar-refractivity contribution in [1.82, 2.24) is 25.0 Å². The highest BCUT2D eigenvalue weighted by molar-refractivity contribution is 5.64. The molecule has 144 valence electrons. The van der Waals surface area contributed by atoms with Crippen LogP contribution in [0.15, 0.2) is 48.5 Å². The van der Waals surface area contributed by atoms with E-state index in [1.165, 1.54) is 24.1 Å². The molecular weight excluding hydrogens is 353 g/mol. The molecule has 1 saturated heterocycles. The van der Waals surface area contributed by atoms with Crippen LogP contribution in [0.1, 0.15) is 36.1 Å². The van der Waals surface area contributed by atoms with E-state index in [-0.39, 0.29) is 5.82 Å². The molecule has 1 fully saturated rings. The first-order chi connectivity index (χ1) is 13.8. The van der Waals surface area contributed by atoms with Crippen molar-refractivity contribution in [3.05, 3.63) is 71.6 Å². The van der Waals surface area contributed by atoms with Gasteiger partial charge in [-0.3, -0.25) is 4.90 Å². The third-order valence-corrected chi connectivity index (χ3v) is 5.80. The van der Waals surface area contributed by atoms with Crippen LogP contribution in [-0.2, 0) is 19.6 Å². The highest BCUT2D eigenvalue weighted by atomic mass is 19.1. The Kier molecular flexibility index (Phi) is 4.66. The number of nitrogens with zero attached hydrogens (tertiary/aromatic N) is 4. The lowest BCUT2D eigenvalue weighted by Gasteiger charge is -2.26. The summed E-state index contributed by atoms with van der Waals surface area (Å²) in [6, 6.07) is 15.6. The van der Waals surface area contributed by atoms with Crippen LogP contribution in [0, 0.1) is 5.82 Å². The maximum absolute atomic E-state index is 13.2. The van der Waals surface area contributed by atoms with Crippen molar-refractivity contribution in [2.45, 2.75) is 38.5 Å². The number of aromatic nitrogens is 3. The Balaban J connectivity index is 1.37. The van der Waals surface area contributed by atoms with Crippen molar-refractivity contribution in [2.24, 2.45) is 0 Å². The molecule has 3 aromatic rings. The van der Waals surface area contributed by atoms with Crippen molar-refractivity contribution in [1.29, 1.82) is 0 Å². The summed E-state index contributed by atoms with van der Waals surface area (Å²) in [6.07, 6.45) is 2.31. The van der Waals surface area contributed by atoms with E-state index in [4.69, 9.17) is 0 Å². The number of halogens is 1. The molecule has 0 bridgehead atoms. The van der Waals surface area contributed by atoms with E-state index < -0.39 is 0 Å². The Morgan fingerprint density at radius 3 is 2.82 bits per heavy atom. The molecule has 2 aliphatic heterocycles. The highest BCUT2D eigenvalue weighted by Gasteiger charge is 2.31. The lowest BCUT2D eigenvalue weighted by atomic mass is 10.0. The number of benzene rings is 2.